The summed E-state index contributed by atoms with van der Waals surface area (Å²) in [4.78, 5) is 15.6. The van der Waals surface area contributed by atoms with Gasteiger partial charge in [0, 0.05) is 23.1 Å². The second-order valence-corrected chi connectivity index (χ2v) is 7.18. The smallest absolute Gasteiger partial charge is 0.278 e. The zero-order valence-electron chi connectivity index (χ0n) is 15.7. The Labute approximate surface area is 155 Å². The summed E-state index contributed by atoms with van der Waals surface area (Å²) >= 11 is 0. The molecule has 3 rings (SSSR count). The highest BCUT2D eigenvalue weighted by molar-refractivity contribution is 5.84. The van der Waals surface area contributed by atoms with Gasteiger partial charge in [0.2, 0.25) is 0 Å². The van der Waals surface area contributed by atoms with E-state index < -0.39 is 0 Å². The minimum absolute atomic E-state index is 0.0886. The number of rotatable bonds is 7. The van der Waals surface area contributed by atoms with Gasteiger partial charge in [-0.2, -0.15) is 0 Å². The van der Waals surface area contributed by atoms with Crippen LogP contribution in [0.4, 0.5) is 0 Å². The molecule has 136 valence electrons. The number of para-hydroxylation sites is 1. The maximum atomic E-state index is 12.3. The molecular formula is C22H28N3O+. The van der Waals surface area contributed by atoms with Crippen LogP contribution in [0.2, 0.25) is 0 Å². The van der Waals surface area contributed by atoms with Crippen molar-refractivity contribution in [1.29, 1.82) is 0 Å². The largest absolute Gasteiger partial charge is 0.361 e. The molecule has 0 saturated heterocycles. The standard InChI is InChI=1S/C22H27N3O/c1-15(2)25-22(26)16(3)23-13-19(17-9-5-4-6-10-17)20-14-24-21-12-8-7-11-18(20)21/h4-12,14-16,19,23-24H,13H2,1-3H3,(H,25,26)/p+1/t16-,19-/m0/s1. The fourth-order valence-electron chi connectivity index (χ4n) is 3.37. The molecule has 1 amide bonds. The Hall–Kier alpha value is -2.59. The quantitative estimate of drug-likeness (QED) is 0.603. The van der Waals surface area contributed by atoms with Crippen molar-refractivity contribution in [3.8, 4) is 0 Å². The Morgan fingerprint density at radius 1 is 1.04 bits per heavy atom. The molecule has 0 bridgehead atoms. The predicted molar refractivity (Wildman–Crippen MR) is 106 cm³/mol. The third kappa shape index (κ3) is 4.14. The number of fused-ring (bicyclic) bond motifs is 1. The minimum Gasteiger partial charge on any atom is -0.361 e. The molecule has 4 N–H and O–H groups in total. The van der Waals surface area contributed by atoms with E-state index in [4.69, 9.17) is 0 Å². The number of nitrogens with one attached hydrogen (secondary N) is 2. The van der Waals surface area contributed by atoms with Crippen LogP contribution in [0.15, 0.2) is 60.8 Å². The van der Waals surface area contributed by atoms with E-state index in [1.807, 2.05) is 32.9 Å². The van der Waals surface area contributed by atoms with E-state index in [2.05, 4.69) is 64.3 Å². The lowest BCUT2D eigenvalue weighted by Crippen LogP contribution is -2.92. The SMILES string of the molecule is CC(C)NC(=O)[C@H](C)[NH2+]C[C@@H](c1ccccc1)c1c[nH]c2ccccc12. The number of carbonyl (C=O) groups is 1. The summed E-state index contributed by atoms with van der Waals surface area (Å²) in [6.45, 7) is 6.76. The summed E-state index contributed by atoms with van der Waals surface area (Å²) in [5, 5.41) is 6.37. The average molecular weight is 350 g/mol. The maximum absolute atomic E-state index is 12.3. The van der Waals surface area contributed by atoms with Crippen LogP contribution < -0.4 is 10.6 Å². The molecule has 0 saturated carbocycles. The van der Waals surface area contributed by atoms with E-state index in [0.29, 0.717) is 0 Å². The number of hydrogen-bond donors (Lipinski definition) is 3. The van der Waals surface area contributed by atoms with E-state index in [0.717, 1.165) is 12.1 Å². The molecule has 1 heterocycles. The van der Waals surface area contributed by atoms with Crippen molar-refractivity contribution in [2.24, 2.45) is 0 Å². The first-order valence-corrected chi connectivity index (χ1v) is 9.31. The highest BCUT2D eigenvalue weighted by atomic mass is 16.2. The van der Waals surface area contributed by atoms with Crippen molar-refractivity contribution in [2.75, 3.05) is 6.54 Å². The number of carbonyl (C=O) groups excluding carboxylic acids is 1. The van der Waals surface area contributed by atoms with Crippen LogP contribution in [0.5, 0.6) is 0 Å². The van der Waals surface area contributed by atoms with Gasteiger partial charge in [-0.1, -0.05) is 48.5 Å². The van der Waals surface area contributed by atoms with Crippen LogP contribution in [0.1, 0.15) is 37.8 Å². The van der Waals surface area contributed by atoms with E-state index in [9.17, 15) is 4.79 Å². The average Bonchev–Trinajstić information content (AvgIpc) is 3.06. The number of nitrogens with two attached hydrogens (primary N) is 1. The fourth-order valence-corrected chi connectivity index (χ4v) is 3.37. The second-order valence-electron chi connectivity index (χ2n) is 7.18. The Morgan fingerprint density at radius 3 is 2.46 bits per heavy atom. The van der Waals surface area contributed by atoms with Crippen molar-refractivity contribution in [3.63, 3.8) is 0 Å². The number of quaternary nitrogens is 1. The molecule has 0 spiro atoms. The molecule has 0 fully saturated rings. The van der Waals surface area contributed by atoms with Gasteiger partial charge in [-0.25, -0.2) is 0 Å². The van der Waals surface area contributed by atoms with Crippen molar-refractivity contribution < 1.29 is 10.1 Å². The fraction of sp³-hybridized carbons (Fsp3) is 0.318. The Balaban J connectivity index is 1.84. The topological polar surface area (TPSA) is 61.5 Å². The van der Waals surface area contributed by atoms with Crippen molar-refractivity contribution in [3.05, 3.63) is 71.9 Å². The molecule has 0 aliphatic heterocycles. The number of aromatic amines is 1. The predicted octanol–water partition coefficient (Wildman–Crippen LogP) is 2.78. The lowest BCUT2D eigenvalue weighted by Gasteiger charge is -2.19. The third-order valence-corrected chi connectivity index (χ3v) is 4.77. The summed E-state index contributed by atoms with van der Waals surface area (Å²) in [7, 11) is 0. The zero-order valence-corrected chi connectivity index (χ0v) is 15.7. The molecule has 26 heavy (non-hydrogen) atoms. The first-order chi connectivity index (χ1) is 12.6. The van der Waals surface area contributed by atoms with Crippen LogP contribution in [0, 0.1) is 0 Å². The number of aromatic nitrogens is 1. The molecule has 0 radical (unpaired) electrons. The molecule has 2 atom stereocenters. The Kier molecular flexibility index (Phi) is 5.74. The van der Waals surface area contributed by atoms with Gasteiger partial charge in [0.25, 0.3) is 5.91 Å². The highest BCUT2D eigenvalue weighted by Crippen LogP contribution is 2.29. The van der Waals surface area contributed by atoms with Gasteiger partial charge in [-0.05, 0) is 38.0 Å². The summed E-state index contributed by atoms with van der Waals surface area (Å²) in [6.07, 6.45) is 2.11. The van der Waals surface area contributed by atoms with Crippen LogP contribution in [0.3, 0.4) is 0 Å². The van der Waals surface area contributed by atoms with Gasteiger partial charge >= 0.3 is 0 Å². The summed E-state index contributed by atoms with van der Waals surface area (Å²) in [5.41, 5.74) is 3.69. The molecule has 4 heteroatoms. The normalized spacial score (nSPS) is 13.7. The van der Waals surface area contributed by atoms with E-state index >= 15 is 0 Å². The third-order valence-electron chi connectivity index (χ3n) is 4.77. The van der Waals surface area contributed by atoms with E-state index in [-0.39, 0.29) is 23.9 Å². The molecule has 0 aliphatic rings. The van der Waals surface area contributed by atoms with Gasteiger partial charge in [-0.3, -0.25) is 4.79 Å². The van der Waals surface area contributed by atoms with Crippen molar-refractivity contribution in [1.82, 2.24) is 10.3 Å². The van der Waals surface area contributed by atoms with Crippen LogP contribution in [-0.4, -0.2) is 29.5 Å². The molecule has 1 aromatic heterocycles. The molecule has 3 aromatic rings. The first kappa shape index (κ1) is 18.2. The zero-order chi connectivity index (χ0) is 18.5. The molecular weight excluding hydrogens is 322 g/mol. The van der Waals surface area contributed by atoms with Gasteiger partial charge < -0.3 is 15.6 Å². The first-order valence-electron chi connectivity index (χ1n) is 9.31. The van der Waals surface area contributed by atoms with Crippen molar-refractivity contribution in [2.45, 2.75) is 38.8 Å². The molecule has 4 nitrogen and oxygen atoms in total. The Morgan fingerprint density at radius 2 is 1.73 bits per heavy atom. The second kappa shape index (κ2) is 8.19. The lowest BCUT2D eigenvalue weighted by molar-refractivity contribution is -0.674. The number of H-pyrrole nitrogens is 1. The van der Waals surface area contributed by atoms with E-state index in [1.54, 1.807) is 0 Å². The summed E-state index contributed by atoms with van der Waals surface area (Å²) < 4.78 is 0. The highest BCUT2D eigenvalue weighted by Gasteiger charge is 2.23. The van der Waals surface area contributed by atoms with Crippen molar-refractivity contribution >= 4 is 16.8 Å². The van der Waals surface area contributed by atoms with Gasteiger partial charge in [0.15, 0.2) is 6.04 Å². The number of hydrogen-bond acceptors (Lipinski definition) is 1. The number of amides is 1. The molecule has 0 unspecified atom stereocenters. The van der Waals surface area contributed by atoms with Crippen LogP contribution in [0.25, 0.3) is 10.9 Å². The van der Waals surface area contributed by atoms with Gasteiger partial charge in [0.1, 0.15) is 0 Å². The molecule has 0 aliphatic carbocycles. The monoisotopic (exact) mass is 350 g/mol. The maximum Gasteiger partial charge on any atom is 0.278 e. The molecule has 2 aromatic carbocycles. The minimum atomic E-state index is -0.117. The number of benzene rings is 2. The van der Waals surface area contributed by atoms with Gasteiger partial charge in [-0.15, -0.1) is 0 Å². The Bertz CT molecular complexity index is 854. The van der Waals surface area contributed by atoms with Gasteiger partial charge in [0.05, 0.1) is 12.5 Å². The van der Waals surface area contributed by atoms with Crippen LogP contribution in [-0.2, 0) is 4.79 Å². The summed E-state index contributed by atoms with van der Waals surface area (Å²) in [5.74, 6) is 0.312. The lowest BCUT2D eigenvalue weighted by atomic mass is 9.90. The van der Waals surface area contributed by atoms with Crippen LogP contribution >= 0.6 is 0 Å². The summed E-state index contributed by atoms with van der Waals surface area (Å²) in [6, 6.07) is 18.9. The van der Waals surface area contributed by atoms with E-state index in [1.165, 1.54) is 16.5 Å².